The van der Waals surface area contributed by atoms with Gasteiger partial charge in [-0.15, -0.1) is 0 Å². The lowest BCUT2D eigenvalue weighted by Gasteiger charge is -2.11. The van der Waals surface area contributed by atoms with E-state index in [1.54, 1.807) is 7.11 Å². The molecule has 0 spiro atoms. The lowest BCUT2D eigenvalue weighted by Crippen LogP contribution is -2.38. The third kappa shape index (κ3) is 7.97. The molecule has 84 valence electrons. The fourth-order valence-electron chi connectivity index (χ4n) is 0.727. The summed E-state index contributed by atoms with van der Waals surface area (Å²) in [6.07, 6.45) is 0. The van der Waals surface area contributed by atoms with Crippen LogP contribution in [0.5, 0.6) is 0 Å². The molecular formula is C9H20N2O3. The normalized spacial score (nSPS) is 12.5. The van der Waals surface area contributed by atoms with Crippen LogP contribution in [0.4, 0.5) is 0 Å². The first-order valence-electron chi connectivity index (χ1n) is 4.71. The molecule has 0 radical (unpaired) electrons. The van der Waals surface area contributed by atoms with Gasteiger partial charge in [-0.1, -0.05) is 0 Å². The number of rotatable bonds is 8. The smallest absolute Gasteiger partial charge is 0.246 e. The lowest BCUT2D eigenvalue weighted by molar-refractivity contribution is -0.126. The van der Waals surface area contributed by atoms with Crippen molar-refractivity contribution in [2.45, 2.75) is 13.0 Å². The molecule has 1 atom stereocenters. The standard InChI is InChI=1S/C9H20N2O3/c1-8(10-2)6-11-9(12)7-14-5-4-13-3/h8,10H,4-7H2,1-3H3,(H,11,12). The van der Waals surface area contributed by atoms with Gasteiger partial charge < -0.3 is 20.1 Å². The second kappa shape index (κ2) is 8.93. The van der Waals surface area contributed by atoms with E-state index in [4.69, 9.17) is 9.47 Å². The van der Waals surface area contributed by atoms with Crippen molar-refractivity contribution in [2.24, 2.45) is 0 Å². The summed E-state index contributed by atoms with van der Waals surface area (Å²) in [4.78, 5) is 11.1. The van der Waals surface area contributed by atoms with Crippen molar-refractivity contribution in [3.63, 3.8) is 0 Å². The molecule has 14 heavy (non-hydrogen) atoms. The zero-order valence-corrected chi connectivity index (χ0v) is 9.13. The average Bonchev–Trinajstić information content (AvgIpc) is 2.21. The van der Waals surface area contributed by atoms with Gasteiger partial charge in [0.2, 0.25) is 5.91 Å². The number of carbonyl (C=O) groups excluding carboxylic acids is 1. The van der Waals surface area contributed by atoms with Gasteiger partial charge in [0.1, 0.15) is 6.61 Å². The molecular weight excluding hydrogens is 184 g/mol. The fraction of sp³-hybridized carbons (Fsp3) is 0.889. The summed E-state index contributed by atoms with van der Waals surface area (Å²) in [5.41, 5.74) is 0. The minimum Gasteiger partial charge on any atom is -0.382 e. The van der Waals surface area contributed by atoms with E-state index < -0.39 is 0 Å². The molecule has 0 aliphatic carbocycles. The highest BCUT2D eigenvalue weighted by atomic mass is 16.5. The zero-order valence-electron chi connectivity index (χ0n) is 9.13. The third-order valence-electron chi connectivity index (χ3n) is 1.76. The Bertz CT molecular complexity index is 153. The van der Waals surface area contributed by atoms with Crippen molar-refractivity contribution in [3.05, 3.63) is 0 Å². The van der Waals surface area contributed by atoms with Gasteiger partial charge in [0.05, 0.1) is 13.2 Å². The molecule has 1 amide bonds. The van der Waals surface area contributed by atoms with E-state index in [-0.39, 0.29) is 18.6 Å². The topological polar surface area (TPSA) is 59.6 Å². The van der Waals surface area contributed by atoms with Crippen molar-refractivity contribution in [1.82, 2.24) is 10.6 Å². The van der Waals surface area contributed by atoms with E-state index >= 15 is 0 Å². The number of hydrogen-bond donors (Lipinski definition) is 2. The zero-order chi connectivity index (χ0) is 10.8. The van der Waals surface area contributed by atoms with Crippen LogP contribution in [0.1, 0.15) is 6.92 Å². The van der Waals surface area contributed by atoms with Gasteiger partial charge in [-0.25, -0.2) is 0 Å². The Labute approximate surface area is 85.1 Å². The number of ether oxygens (including phenoxy) is 2. The summed E-state index contributed by atoms with van der Waals surface area (Å²) in [6.45, 7) is 3.67. The summed E-state index contributed by atoms with van der Waals surface area (Å²) >= 11 is 0. The van der Waals surface area contributed by atoms with Crippen LogP contribution in [0, 0.1) is 0 Å². The molecule has 0 fully saturated rings. The Morgan fingerprint density at radius 2 is 2.14 bits per heavy atom. The van der Waals surface area contributed by atoms with Crippen LogP contribution >= 0.6 is 0 Å². The van der Waals surface area contributed by atoms with Gasteiger partial charge in [0, 0.05) is 19.7 Å². The molecule has 1 unspecified atom stereocenters. The lowest BCUT2D eigenvalue weighted by atomic mass is 10.3. The van der Waals surface area contributed by atoms with E-state index in [0.29, 0.717) is 19.8 Å². The maximum absolute atomic E-state index is 11.1. The molecule has 0 aliphatic heterocycles. The van der Waals surface area contributed by atoms with Crippen LogP contribution < -0.4 is 10.6 Å². The van der Waals surface area contributed by atoms with Crippen molar-refractivity contribution in [1.29, 1.82) is 0 Å². The molecule has 0 bridgehead atoms. The SMILES string of the molecule is CNC(C)CNC(=O)COCCOC. The number of likely N-dealkylation sites (N-methyl/N-ethyl adjacent to an activating group) is 1. The van der Waals surface area contributed by atoms with Crippen LogP contribution in [0.3, 0.4) is 0 Å². The molecule has 0 saturated carbocycles. The van der Waals surface area contributed by atoms with Crippen LogP contribution in [-0.4, -0.2) is 52.5 Å². The summed E-state index contributed by atoms with van der Waals surface area (Å²) in [5, 5.41) is 5.76. The van der Waals surface area contributed by atoms with Crippen molar-refractivity contribution < 1.29 is 14.3 Å². The molecule has 2 N–H and O–H groups in total. The number of methoxy groups -OCH3 is 1. The first-order valence-corrected chi connectivity index (χ1v) is 4.71. The van der Waals surface area contributed by atoms with Gasteiger partial charge in [0.25, 0.3) is 0 Å². The second-order valence-electron chi connectivity index (χ2n) is 3.04. The Kier molecular flexibility index (Phi) is 8.51. The predicted octanol–water partition coefficient (Wildman–Crippen LogP) is -0.626. The molecule has 0 aliphatic rings. The fourth-order valence-corrected chi connectivity index (χ4v) is 0.727. The first-order chi connectivity index (χ1) is 6.70. The van der Waals surface area contributed by atoms with Crippen LogP contribution in [0.15, 0.2) is 0 Å². The van der Waals surface area contributed by atoms with Crippen LogP contribution in [0.2, 0.25) is 0 Å². The molecule has 0 aromatic heterocycles. The minimum atomic E-state index is -0.0943. The van der Waals surface area contributed by atoms with E-state index in [1.165, 1.54) is 0 Å². The van der Waals surface area contributed by atoms with Gasteiger partial charge in [-0.3, -0.25) is 4.79 Å². The monoisotopic (exact) mass is 204 g/mol. The van der Waals surface area contributed by atoms with E-state index in [0.717, 1.165) is 0 Å². The third-order valence-corrected chi connectivity index (χ3v) is 1.76. The number of amides is 1. The van der Waals surface area contributed by atoms with Gasteiger partial charge in [-0.05, 0) is 14.0 Å². The molecule has 0 aromatic carbocycles. The summed E-state index contributed by atoms with van der Waals surface area (Å²) < 4.78 is 9.82. The van der Waals surface area contributed by atoms with Gasteiger partial charge in [0.15, 0.2) is 0 Å². The Morgan fingerprint density at radius 3 is 2.71 bits per heavy atom. The van der Waals surface area contributed by atoms with Gasteiger partial charge in [-0.2, -0.15) is 0 Å². The van der Waals surface area contributed by atoms with Gasteiger partial charge >= 0.3 is 0 Å². The highest BCUT2D eigenvalue weighted by molar-refractivity contribution is 5.77. The highest BCUT2D eigenvalue weighted by Gasteiger charge is 2.02. The first kappa shape index (κ1) is 13.4. The molecule has 0 aromatic rings. The molecule has 5 nitrogen and oxygen atoms in total. The highest BCUT2D eigenvalue weighted by Crippen LogP contribution is 1.79. The van der Waals surface area contributed by atoms with Crippen molar-refractivity contribution in [2.75, 3.05) is 40.5 Å². The maximum Gasteiger partial charge on any atom is 0.246 e. The summed E-state index contributed by atoms with van der Waals surface area (Å²) in [5.74, 6) is -0.0943. The molecule has 5 heteroatoms. The van der Waals surface area contributed by atoms with E-state index in [2.05, 4.69) is 10.6 Å². The Morgan fingerprint density at radius 1 is 1.43 bits per heavy atom. The Balaban J connectivity index is 3.28. The summed E-state index contributed by atoms with van der Waals surface area (Å²) in [7, 11) is 3.45. The largest absolute Gasteiger partial charge is 0.382 e. The number of hydrogen-bond acceptors (Lipinski definition) is 4. The van der Waals surface area contributed by atoms with Crippen LogP contribution in [0.25, 0.3) is 0 Å². The quantitative estimate of drug-likeness (QED) is 0.517. The maximum atomic E-state index is 11.1. The molecule has 0 heterocycles. The van der Waals surface area contributed by atoms with Crippen molar-refractivity contribution in [3.8, 4) is 0 Å². The molecule has 0 saturated heterocycles. The second-order valence-corrected chi connectivity index (χ2v) is 3.04. The number of carbonyl (C=O) groups is 1. The predicted molar refractivity (Wildman–Crippen MR) is 54.2 cm³/mol. The Hall–Kier alpha value is -0.650. The molecule has 0 rings (SSSR count). The van der Waals surface area contributed by atoms with E-state index in [9.17, 15) is 4.79 Å². The van der Waals surface area contributed by atoms with Crippen LogP contribution in [-0.2, 0) is 14.3 Å². The van der Waals surface area contributed by atoms with E-state index in [1.807, 2.05) is 14.0 Å². The number of nitrogens with one attached hydrogen (secondary N) is 2. The summed E-state index contributed by atoms with van der Waals surface area (Å²) in [6, 6.07) is 0.276. The minimum absolute atomic E-state index is 0.0943. The van der Waals surface area contributed by atoms with Crippen molar-refractivity contribution >= 4 is 5.91 Å². The average molecular weight is 204 g/mol.